The van der Waals surface area contributed by atoms with E-state index in [4.69, 9.17) is 10.3 Å². The molecule has 1 amide bonds. The van der Waals surface area contributed by atoms with Gasteiger partial charge in [-0.25, -0.2) is 0 Å². The molecule has 152 valence electrons. The Hall–Kier alpha value is -2.30. The molecule has 0 radical (unpaired) electrons. The molecular weight excluding hydrogens is 384 g/mol. The maximum absolute atomic E-state index is 12.6. The number of pyridine rings is 1. The predicted octanol–water partition coefficient (Wildman–Crippen LogP) is 4.03. The van der Waals surface area contributed by atoms with Crippen LogP contribution >= 0.6 is 11.3 Å². The Morgan fingerprint density at radius 3 is 3.10 bits per heavy atom. The van der Waals surface area contributed by atoms with Crippen molar-refractivity contribution in [2.75, 3.05) is 13.1 Å². The summed E-state index contributed by atoms with van der Waals surface area (Å²) in [5, 5.41) is 21.2. The highest BCUT2D eigenvalue weighted by Gasteiger charge is 2.40. The van der Waals surface area contributed by atoms with Gasteiger partial charge in [0, 0.05) is 37.4 Å². The van der Waals surface area contributed by atoms with Crippen LogP contribution < -0.4 is 0 Å². The molecule has 2 unspecified atom stereocenters. The van der Waals surface area contributed by atoms with Gasteiger partial charge in [-0.3, -0.25) is 14.8 Å². The van der Waals surface area contributed by atoms with E-state index in [1.54, 1.807) is 18.3 Å². The molecule has 0 aromatic carbocycles. The fourth-order valence-electron chi connectivity index (χ4n) is 4.98. The van der Waals surface area contributed by atoms with Crippen LogP contribution in [0.5, 0.6) is 0 Å². The molecule has 2 aliphatic heterocycles. The zero-order chi connectivity index (χ0) is 20.5. The Balaban J connectivity index is 1.73. The molecule has 2 aromatic rings. The summed E-state index contributed by atoms with van der Waals surface area (Å²) in [7, 11) is 0. The Kier molecular flexibility index (Phi) is 5.66. The van der Waals surface area contributed by atoms with Crippen molar-refractivity contribution in [3.63, 3.8) is 0 Å². The van der Waals surface area contributed by atoms with Gasteiger partial charge in [0.2, 0.25) is 5.91 Å². The zero-order valence-corrected chi connectivity index (χ0v) is 17.7. The molecule has 0 spiro atoms. The highest BCUT2D eigenvalue weighted by Crippen LogP contribution is 2.49. The lowest BCUT2D eigenvalue weighted by Gasteiger charge is -2.42. The number of aliphatic hydroxyl groups excluding tert-OH is 1. The second-order valence-corrected chi connectivity index (χ2v) is 9.04. The third-order valence-electron chi connectivity index (χ3n) is 6.28. The first kappa shape index (κ1) is 20.0. The first-order valence-corrected chi connectivity index (χ1v) is 11.2. The van der Waals surface area contributed by atoms with Gasteiger partial charge in [-0.15, -0.1) is 11.3 Å². The maximum atomic E-state index is 12.6. The number of rotatable bonds is 4. The van der Waals surface area contributed by atoms with Crippen molar-refractivity contribution in [1.29, 1.82) is 5.26 Å². The van der Waals surface area contributed by atoms with Crippen LogP contribution in [0.4, 0.5) is 5.69 Å². The molecule has 1 N–H and O–H groups in total. The summed E-state index contributed by atoms with van der Waals surface area (Å²) in [4.78, 5) is 23.8. The molecular formula is C22H26N4O2S. The Labute approximate surface area is 174 Å². The van der Waals surface area contributed by atoms with Crippen molar-refractivity contribution in [1.82, 2.24) is 9.88 Å². The molecule has 4 heterocycles. The summed E-state index contributed by atoms with van der Waals surface area (Å²) >= 11 is 1.69. The van der Waals surface area contributed by atoms with Gasteiger partial charge in [0.05, 0.1) is 40.0 Å². The topological polar surface area (TPSA) is 89.6 Å². The first-order chi connectivity index (χ1) is 14.0. The van der Waals surface area contributed by atoms with Crippen LogP contribution in [0, 0.1) is 23.2 Å². The number of aliphatic hydroxyl groups is 1. The molecule has 0 saturated carbocycles. The van der Waals surface area contributed by atoms with Gasteiger partial charge in [0.25, 0.3) is 0 Å². The number of fused-ring (bicyclic) bond motifs is 3. The van der Waals surface area contributed by atoms with E-state index >= 15 is 0 Å². The molecule has 0 bridgehead atoms. The van der Waals surface area contributed by atoms with Gasteiger partial charge in [-0.05, 0) is 43.0 Å². The molecule has 2 aromatic heterocycles. The van der Waals surface area contributed by atoms with Gasteiger partial charge < -0.3 is 10.0 Å². The van der Waals surface area contributed by atoms with Crippen molar-refractivity contribution >= 4 is 38.9 Å². The average Bonchev–Trinajstić information content (AvgIpc) is 3.20. The molecule has 7 heteroatoms. The van der Waals surface area contributed by atoms with Crippen LogP contribution in [0.25, 0.3) is 10.2 Å². The standard InChI is InChI=1S/C22H26N4O2S/c1-13-19(15-5-4-9-26(12-15)18(28)6-3-8-23)20-17(25-21(13)14(2)27)11-24-16-7-10-29-22(16)20/h7,10-11,13-15,19,27H,3-6,9,12H2,1-2H3/t13?,14-,15+,19?/m1/s1. The zero-order valence-electron chi connectivity index (χ0n) is 16.8. The first-order valence-electron chi connectivity index (χ1n) is 10.3. The van der Waals surface area contributed by atoms with Crippen LogP contribution in [-0.4, -0.2) is 45.8 Å². The average molecular weight is 411 g/mol. The van der Waals surface area contributed by atoms with E-state index in [1.807, 2.05) is 17.2 Å². The smallest absolute Gasteiger partial charge is 0.223 e. The number of hydrogen-bond acceptors (Lipinski definition) is 6. The lowest BCUT2D eigenvalue weighted by molar-refractivity contribution is -0.133. The molecule has 4 rings (SSSR count). The number of amides is 1. The van der Waals surface area contributed by atoms with Crippen molar-refractivity contribution in [2.45, 2.75) is 51.6 Å². The summed E-state index contributed by atoms with van der Waals surface area (Å²) in [6.45, 7) is 5.38. The number of nitriles is 1. The van der Waals surface area contributed by atoms with Crippen LogP contribution in [0.15, 0.2) is 22.6 Å². The van der Waals surface area contributed by atoms with E-state index in [0.717, 1.165) is 36.3 Å². The number of carbonyl (C=O) groups is 1. The second kappa shape index (κ2) is 8.21. The molecule has 1 fully saturated rings. The Morgan fingerprint density at radius 1 is 1.52 bits per heavy atom. The van der Waals surface area contributed by atoms with E-state index in [1.165, 1.54) is 10.3 Å². The van der Waals surface area contributed by atoms with Crippen molar-refractivity contribution in [3.05, 3.63) is 23.2 Å². The summed E-state index contributed by atoms with van der Waals surface area (Å²) in [5.41, 5.74) is 3.86. The molecule has 2 aliphatic rings. The normalized spacial score (nSPS) is 25.2. The summed E-state index contributed by atoms with van der Waals surface area (Å²) < 4.78 is 1.17. The molecule has 29 heavy (non-hydrogen) atoms. The predicted molar refractivity (Wildman–Crippen MR) is 114 cm³/mol. The Morgan fingerprint density at radius 2 is 2.34 bits per heavy atom. The minimum absolute atomic E-state index is 0.0698. The minimum atomic E-state index is -0.614. The summed E-state index contributed by atoms with van der Waals surface area (Å²) in [6, 6.07) is 4.11. The fourth-order valence-corrected chi connectivity index (χ4v) is 5.92. The van der Waals surface area contributed by atoms with Crippen molar-refractivity contribution in [3.8, 4) is 6.07 Å². The largest absolute Gasteiger partial charge is 0.387 e. The van der Waals surface area contributed by atoms with Crippen LogP contribution in [0.3, 0.4) is 0 Å². The number of likely N-dealkylation sites (tertiary alicyclic amines) is 1. The van der Waals surface area contributed by atoms with Gasteiger partial charge in [0.1, 0.15) is 0 Å². The molecule has 1 saturated heterocycles. The summed E-state index contributed by atoms with van der Waals surface area (Å²) in [6.07, 6.45) is 3.77. The van der Waals surface area contributed by atoms with E-state index in [-0.39, 0.29) is 24.2 Å². The van der Waals surface area contributed by atoms with Crippen LogP contribution in [0.1, 0.15) is 51.0 Å². The fraction of sp³-hybridized carbons (Fsp3) is 0.545. The van der Waals surface area contributed by atoms with Crippen molar-refractivity contribution in [2.24, 2.45) is 16.8 Å². The highest BCUT2D eigenvalue weighted by atomic mass is 32.1. The lowest BCUT2D eigenvalue weighted by Crippen LogP contribution is -2.44. The van der Waals surface area contributed by atoms with Gasteiger partial charge in [0.15, 0.2) is 0 Å². The SMILES string of the molecule is CC1C([C@@H](C)O)=Nc2cnc3ccsc3c2C1[C@H]1CCCN(C(=O)CCC#N)C1. The van der Waals surface area contributed by atoms with E-state index in [2.05, 4.69) is 23.4 Å². The van der Waals surface area contributed by atoms with E-state index in [9.17, 15) is 9.90 Å². The van der Waals surface area contributed by atoms with E-state index < -0.39 is 6.10 Å². The monoisotopic (exact) mass is 410 g/mol. The van der Waals surface area contributed by atoms with Gasteiger partial charge >= 0.3 is 0 Å². The number of piperidine rings is 1. The number of aromatic nitrogens is 1. The van der Waals surface area contributed by atoms with Crippen LogP contribution in [0.2, 0.25) is 0 Å². The quantitative estimate of drug-likeness (QED) is 0.824. The second-order valence-electron chi connectivity index (χ2n) is 8.12. The molecule has 0 aliphatic carbocycles. The third kappa shape index (κ3) is 3.67. The van der Waals surface area contributed by atoms with Crippen LogP contribution in [-0.2, 0) is 4.79 Å². The maximum Gasteiger partial charge on any atom is 0.223 e. The number of carbonyl (C=O) groups excluding carboxylic acids is 1. The van der Waals surface area contributed by atoms with Gasteiger partial charge in [-0.1, -0.05) is 6.92 Å². The summed E-state index contributed by atoms with van der Waals surface area (Å²) in [5.74, 6) is 0.637. The highest BCUT2D eigenvalue weighted by molar-refractivity contribution is 7.17. The Bertz CT molecular complexity index is 990. The molecule has 6 nitrogen and oxygen atoms in total. The molecule has 4 atom stereocenters. The lowest BCUT2D eigenvalue weighted by atomic mass is 9.70. The number of aliphatic imine (C=N–C) groups is 1. The number of hydrogen-bond donors (Lipinski definition) is 1. The number of thiophene rings is 1. The number of nitrogens with zero attached hydrogens (tertiary/aromatic N) is 4. The van der Waals surface area contributed by atoms with Gasteiger partial charge in [-0.2, -0.15) is 5.26 Å². The van der Waals surface area contributed by atoms with E-state index in [0.29, 0.717) is 18.9 Å². The van der Waals surface area contributed by atoms with Crippen molar-refractivity contribution < 1.29 is 9.90 Å². The minimum Gasteiger partial charge on any atom is -0.387 e. The third-order valence-corrected chi connectivity index (χ3v) is 7.21.